The van der Waals surface area contributed by atoms with Gasteiger partial charge in [-0.2, -0.15) is 0 Å². The Labute approximate surface area is 134 Å². The number of anilines is 1. The third kappa shape index (κ3) is 2.59. The summed E-state index contributed by atoms with van der Waals surface area (Å²) in [6.45, 7) is 2.80. The van der Waals surface area contributed by atoms with Gasteiger partial charge in [0.2, 0.25) is 6.79 Å². The van der Waals surface area contributed by atoms with Crippen LogP contribution in [0, 0.1) is 6.92 Å². The van der Waals surface area contributed by atoms with Gasteiger partial charge >= 0.3 is 6.03 Å². The molecule has 0 unspecified atom stereocenters. The number of hydrogen-bond donors (Lipinski definition) is 2. The monoisotopic (exact) mass is 310 g/mol. The molecule has 1 atom stereocenters. The molecule has 0 saturated carbocycles. The Morgan fingerprint density at radius 2 is 2.00 bits per heavy atom. The zero-order valence-electron chi connectivity index (χ0n) is 12.9. The van der Waals surface area contributed by atoms with Crippen LogP contribution in [0.4, 0.5) is 10.5 Å². The van der Waals surface area contributed by atoms with Crippen LogP contribution in [0.2, 0.25) is 0 Å². The van der Waals surface area contributed by atoms with E-state index in [0.717, 1.165) is 23.4 Å². The van der Waals surface area contributed by atoms with E-state index in [0.29, 0.717) is 18.2 Å². The number of rotatable bonds is 3. The summed E-state index contributed by atoms with van der Waals surface area (Å²) in [5.41, 5.74) is 4.40. The number of benzene rings is 2. The highest BCUT2D eigenvalue weighted by Gasteiger charge is 2.25. The van der Waals surface area contributed by atoms with E-state index >= 15 is 0 Å². The van der Waals surface area contributed by atoms with E-state index in [-0.39, 0.29) is 12.8 Å². The van der Waals surface area contributed by atoms with Gasteiger partial charge in [0.05, 0.1) is 0 Å². The van der Waals surface area contributed by atoms with Gasteiger partial charge in [-0.05, 0) is 36.1 Å². The van der Waals surface area contributed by atoms with Crippen molar-refractivity contribution in [3.05, 3.63) is 53.1 Å². The van der Waals surface area contributed by atoms with Gasteiger partial charge in [-0.25, -0.2) is 4.79 Å². The molecule has 2 aromatic carbocycles. The number of carbonyl (C=O) groups is 1. The van der Waals surface area contributed by atoms with Gasteiger partial charge in [0, 0.05) is 24.2 Å². The predicted molar refractivity (Wildman–Crippen MR) is 87.2 cm³/mol. The van der Waals surface area contributed by atoms with Crippen molar-refractivity contribution in [3.8, 4) is 11.5 Å². The number of urea groups is 1. The van der Waals surface area contributed by atoms with Crippen molar-refractivity contribution < 1.29 is 14.3 Å². The summed E-state index contributed by atoms with van der Waals surface area (Å²) in [5, 5.41) is 5.83. The molecule has 5 nitrogen and oxygen atoms in total. The molecule has 5 heteroatoms. The third-order valence-corrected chi connectivity index (χ3v) is 4.44. The number of fused-ring (bicyclic) bond motifs is 2. The maximum Gasteiger partial charge on any atom is 0.319 e. The molecule has 118 valence electrons. The summed E-state index contributed by atoms with van der Waals surface area (Å²) in [6, 6.07) is 11.8. The lowest BCUT2D eigenvalue weighted by Gasteiger charge is -2.30. The van der Waals surface area contributed by atoms with Gasteiger partial charge in [0.25, 0.3) is 0 Å². The smallest absolute Gasteiger partial charge is 0.319 e. The normalized spacial score (nSPS) is 17.2. The molecule has 0 saturated heterocycles. The van der Waals surface area contributed by atoms with Crippen LogP contribution in [-0.2, 0) is 6.42 Å². The van der Waals surface area contributed by atoms with Crippen LogP contribution >= 0.6 is 0 Å². The van der Waals surface area contributed by atoms with Gasteiger partial charge in [-0.1, -0.05) is 24.3 Å². The quantitative estimate of drug-likeness (QED) is 0.915. The number of nitrogens with one attached hydrogen (secondary N) is 2. The fourth-order valence-corrected chi connectivity index (χ4v) is 3.11. The fourth-order valence-electron chi connectivity index (χ4n) is 3.11. The van der Waals surface area contributed by atoms with Gasteiger partial charge in [0.1, 0.15) is 0 Å². The number of aryl methyl sites for hydroxylation is 1. The van der Waals surface area contributed by atoms with Gasteiger partial charge in [-0.15, -0.1) is 0 Å². The molecule has 0 fully saturated rings. The highest BCUT2D eigenvalue weighted by Crippen LogP contribution is 2.37. The van der Waals surface area contributed by atoms with Crippen molar-refractivity contribution in [2.75, 3.05) is 18.7 Å². The molecule has 1 heterocycles. The lowest BCUT2D eigenvalue weighted by Crippen LogP contribution is -2.35. The Bertz CT molecular complexity index is 773. The number of hydrogen-bond acceptors (Lipinski definition) is 3. The van der Waals surface area contributed by atoms with Crippen molar-refractivity contribution in [3.63, 3.8) is 0 Å². The van der Waals surface area contributed by atoms with Crippen LogP contribution in [0.5, 0.6) is 11.5 Å². The molecular formula is C18H18N2O3. The van der Waals surface area contributed by atoms with Crippen molar-refractivity contribution in [1.29, 1.82) is 0 Å². The van der Waals surface area contributed by atoms with Crippen LogP contribution in [0.15, 0.2) is 36.4 Å². The first-order valence-electron chi connectivity index (χ1n) is 7.73. The Morgan fingerprint density at radius 3 is 2.83 bits per heavy atom. The summed E-state index contributed by atoms with van der Waals surface area (Å²) in [4.78, 5) is 12.1. The summed E-state index contributed by atoms with van der Waals surface area (Å²) in [5.74, 6) is 1.80. The third-order valence-electron chi connectivity index (χ3n) is 4.44. The first kappa shape index (κ1) is 13.9. The average molecular weight is 310 g/mol. The zero-order chi connectivity index (χ0) is 15.8. The number of carbonyl (C=O) groups excluding carboxylic acids is 1. The molecule has 0 radical (unpaired) electrons. The van der Waals surface area contributed by atoms with Crippen molar-refractivity contribution in [1.82, 2.24) is 5.32 Å². The van der Waals surface area contributed by atoms with Crippen LogP contribution in [0.3, 0.4) is 0 Å². The SMILES string of the molecule is Cc1cc2c(cc1NC(=O)NC[C@H]1Cc3ccccc31)OCO2. The van der Waals surface area contributed by atoms with Crippen LogP contribution in [0.25, 0.3) is 0 Å². The van der Waals surface area contributed by atoms with E-state index in [1.54, 1.807) is 6.07 Å². The largest absolute Gasteiger partial charge is 0.454 e. The van der Waals surface area contributed by atoms with Gasteiger partial charge < -0.3 is 20.1 Å². The van der Waals surface area contributed by atoms with E-state index in [1.165, 1.54) is 11.1 Å². The zero-order valence-corrected chi connectivity index (χ0v) is 12.9. The van der Waals surface area contributed by atoms with E-state index in [9.17, 15) is 4.79 Å². The molecular weight excluding hydrogens is 292 g/mol. The molecule has 2 amide bonds. The maximum absolute atomic E-state index is 12.1. The lowest BCUT2D eigenvalue weighted by molar-refractivity contribution is 0.174. The maximum atomic E-state index is 12.1. The summed E-state index contributed by atoms with van der Waals surface area (Å²) in [7, 11) is 0. The van der Waals surface area contributed by atoms with Crippen LogP contribution in [-0.4, -0.2) is 19.4 Å². The predicted octanol–water partition coefficient (Wildman–Crippen LogP) is 3.19. The van der Waals surface area contributed by atoms with Gasteiger partial charge in [0.15, 0.2) is 11.5 Å². The minimum atomic E-state index is -0.198. The second-order valence-electron chi connectivity index (χ2n) is 5.96. The van der Waals surface area contributed by atoms with E-state index in [4.69, 9.17) is 9.47 Å². The van der Waals surface area contributed by atoms with Crippen LogP contribution < -0.4 is 20.1 Å². The minimum Gasteiger partial charge on any atom is -0.454 e. The molecule has 0 aromatic heterocycles. The van der Waals surface area contributed by atoms with Gasteiger partial charge in [-0.3, -0.25) is 0 Å². The molecule has 2 N–H and O–H groups in total. The van der Waals surface area contributed by atoms with Crippen molar-refractivity contribution >= 4 is 11.7 Å². The second kappa shape index (κ2) is 5.50. The minimum absolute atomic E-state index is 0.198. The standard InChI is InChI=1S/C18H18N2O3/c1-11-6-16-17(23-10-22-16)8-15(11)20-18(21)19-9-13-7-12-4-2-3-5-14(12)13/h2-6,8,13H,7,9-10H2,1H3,(H2,19,20,21)/t13-/m1/s1. The fraction of sp³-hybridized carbons (Fsp3) is 0.278. The summed E-state index contributed by atoms with van der Waals surface area (Å²) in [6.07, 6.45) is 1.03. The Morgan fingerprint density at radius 1 is 1.22 bits per heavy atom. The molecule has 0 spiro atoms. The number of ether oxygens (including phenoxy) is 2. The Kier molecular flexibility index (Phi) is 3.33. The van der Waals surface area contributed by atoms with Crippen LogP contribution in [0.1, 0.15) is 22.6 Å². The summed E-state index contributed by atoms with van der Waals surface area (Å²) >= 11 is 0. The van der Waals surface area contributed by atoms with E-state index in [1.807, 2.05) is 19.1 Å². The highest BCUT2D eigenvalue weighted by molar-refractivity contribution is 5.90. The highest BCUT2D eigenvalue weighted by atomic mass is 16.7. The second-order valence-corrected chi connectivity index (χ2v) is 5.96. The Balaban J connectivity index is 1.36. The summed E-state index contributed by atoms with van der Waals surface area (Å²) < 4.78 is 10.7. The average Bonchev–Trinajstić information content (AvgIpc) is 2.95. The molecule has 0 bridgehead atoms. The molecule has 2 aliphatic rings. The Hall–Kier alpha value is -2.69. The molecule has 2 aromatic rings. The molecule has 1 aliphatic carbocycles. The first-order chi connectivity index (χ1) is 11.2. The molecule has 4 rings (SSSR count). The topological polar surface area (TPSA) is 59.6 Å². The number of amides is 2. The van der Waals surface area contributed by atoms with Crippen molar-refractivity contribution in [2.24, 2.45) is 0 Å². The van der Waals surface area contributed by atoms with E-state index < -0.39 is 0 Å². The van der Waals surface area contributed by atoms with Crippen molar-refractivity contribution in [2.45, 2.75) is 19.3 Å². The lowest BCUT2D eigenvalue weighted by atomic mass is 9.78. The molecule has 23 heavy (non-hydrogen) atoms. The molecule has 1 aliphatic heterocycles. The van der Waals surface area contributed by atoms with E-state index in [2.05, 4.69) is 28.8 Å². The first-order valence-corrected chi connectivity index (χ1v) is 7.73.